The Labute approximate surface area is 269 Å². The summed E-state index contributed by atoms with van der Waals surface area (Å²) in [5.41, 5.74) is 7.16. The summed E-state index contributed by atoms with van der Waals surface area (Å²) in [6.07, 6.45) is 1.63. The van der Waals surface area contributed by atoms with Crippen molar-refractivity contribution in [2.75, 3.05) is 44.2 Å². The molecule has 1 aliphatic rings. The summed E-state index contributed by atoms with van der Waals surface area (Å²) in [4.78, 5) is 18.1. The van der Waals surface area contributed by atoms with E-state index in [0.29, 0.717) is 18.0 Å². The largest absolute Gasteiger partial charge is 0.463 e. The van der Waals surface area contributed by atoms with E-state index in [1.165, 1.54) is 22.4 Å². The third-order valence-electron chi connectivity index (χ3n) is 8.66. The van der Waals surface area contributed by atoms with Gasteiger partial charge < -0.3 is 14.6 Å². The highest BCUT2D eigenvalue weighted by Crippen LogP contribution is 2.37. The van der Waals surface area contributed by atoms with Crippen molar-refractivity contribution in [1.29, 1.82) is 0 Å². The van der Waals surface area contributed by atoms with Crippen molar-refractivity contribution in [3.63, 3.8) is 0 Å². The lowest BCUT2D eigenvalue weighted by molar-refractivity contribution is 0.0942. The monoisotopic (exact) mass is 607 g/mol. The Kier molecular flexibility index (Phi) is 8.74. The first-order valence-corrected chi connectivity index (χ1v) is 15.9. The summed E-state index contributed by atoms with van der Waals surface area (Å²) in [6, 6.07) is 45.7. The van der Waals surface area contributed by atoms with Gasteiger partial charge >= 0.3 is 0 Å². The molecule has 1 fully saturated rings. The minimum atomic E-state index is -0.192. The maximum Gasteiger partial charge on any atom is 0.271 e. The summed E-state index contributed by atoms with van der Waals surface area (Å²) in [7, 11) is 0. The number of hydrogen-bond donors (Lipinski definition) is 1. The Bertz CT molecular complexity index is 1810. The number of amides is 1. The molecular formula is C39H37N5O2. The normalized spacial score (nSPS) is 13.6. The number of nitrogens with zero attached hydrogens (tertiary/aromatic N) is 4. The molecule has 0 aliphatic carbocycles. The van der Waals surface area contributed by atoms with Crippen LogP contribution in [-0.4, -0.2) is 59.9 Å². The quantitative estimate of drug-likeness (QED) is 0.172. The molecule has 0 bridgehead atoms. The summed E-state index contributed by atoms with van der Waals surface area (Å²) in [6.45, 7) is 5.04. The first-order valence-electron chi connectivity index (χ1n) is 15.9. The third-order valence-corrected chi connectivity index (χ3v) is 8.66. The molecule has 0 radical (unpaired) electrons. The highest BCUT2D eigenvalue weighted by atomic mass is 16.3. The van der Waals surface area contributed by atoms with Gasteiger partial charge in [0.15, 0.2) is 11.5 Å². The predicted molar refractivity (Wildman–Crippen MR) is 183 cm³/mol. The second-order valence-electron chi connectivity index (χ2n) is 11.5. The molecule has 230 valence electrons. The number of hydrogen-bond acceptors (Lipinski definition) is 5. The fraction of sp³-hybridized carbons (Fsp3) is 0.179. The standard InChI is InChI=1S/C39H37N5O2/c45-39(34-29-36(37-21-12-28-46-37)44(41-34)32-17-8-3-9-18-32)40-22-23-42-24-26-43(27-25-42)35-20-11-10-19-33(35)38(30-13-4-1-5-14-30)31-15-6-2-7-16-31/h1-21,28-29,38H,22-27H2,(H,40,45). The Morgan fingerprint density at radius 2 is 1.37 bits per heavy atom. The van der Waals surface area contributed by atoms with Gasteiger partial charge in [-0.1, -0.05) is 97.1 Å². The van der Waals surface area contributed by atoms with Crippen LogP contribution < -0.4 is 10.2 Å². The van der Waals surface area contributed by atoms with Crippen molar-refractivity contribution in [2.45, 2.75) is 5.92 Å². The lowest BCUT2D eigenvalue weighted by Crippen LogP contribution is -2.48. The van der Waals surface area contributed by atoms with Gasteiger partial charge in [-0.05, 0) is 47.0 Å². The molecule has 1 aliphatic heterocycles. The van der Waals surface area contributed by atoms with Crippen molar-refractivity contribution in [3.05, 3.63) is 162 Å². The summed E-state index contributed by atoms with van der Waals surface area (Å²) in [5.74, 6) is 0.627. The van der Waals surface area contributed by atoms with Gasteiger partial charge in [0.25, 0.3) is 5.91 Å². The average molecular weight is 608 g/mol. The van der Waals surface area contributed by atoms with Crippen LogP contribution in [0.3, 0.4) is 0 Å². The van der Waals surface area contributed by atoms with Crippen LogP contribution >= 0.6 is 0 Å². The van der Waals surface area contributed by atoms with E-state index in [2.05, 4.69) is 105 Å². The molecule has 0 unspecified atom stereocenters. The van der Waals surface area contributed by atoms with Gasteiger partial charge in [0.2, 0.25) is 0 Å². The maximum atomic E-state index is 13.2. The van der Waals surface area contributed by atoms with E-state index < -0.39 is 0 Å². The van der Waals surface area contributed by atoms with Gasteiger partial charge in [-0.3, -0.25) is 9.69 Å². The highest BCUT2D eigenvalue weighted by molar-refractivity contribution is 5.93. The molecule has 0 spiro atoms. The van der Waals surface area contributed by atoms with Crippen LogP contribution in [0.25, 0.3) is 17.1 Å². The first kappa shape index (κ1) is 29.3. The zero-order chi connectivity index (χ0) is 31.1. The van der Waals surface area contributed by atoms with Gasteiger partial charge in [-0.2, -0.15) is 5.10 Å². The molecule has 1 saturated heterocycles. The van der Waals surface area contributed by atoms with Gasteiger partial charge in [-0.15, -0.1) is 0 Å². The predicted octanol–water partition coefficient (Wildman–Crippen LogP) is 6.86. The number of piperazine rings is 1. The lowest BCUT2D eigenvalue weighted by Gasteiger charge is -2.38. The number of benzene rings is 4. The number of nitrogens with one attached hydrogen (secondary N) is 1. The highest BCUT2D eigenvalue weighted by Gasteiger charge is 2.25. The summed E-state index contributed by atoms with van der Waals surface area (Å²) >= 11 is 0. The van der Waals surface area contributed by atoms with Crippen molar-refractivity contribution in [2.24, 2.45) is 0 Å². The maximum absolute atomic E-state index is 13.2. The molecule has 7 rings (SSSR count). The average Bonchev–Trinajstić information content (AvgIpc) is 3.82. The fourth-order valence-corrected chi connectivity index (χ4v) is 6.35. The number of carbonyl (C=O) groups excluding carboxylic acids is 1. The molecule has 2 aromatic heterocycles. The number of aromatic nitrogens is 2. The molecule has 6 aromatic rings. The van der Waals surface area contributed by atoms with E-state index in [0.717, 1.165) is 44.1 Å². The van der Waals surface area contributed by atoms with E-state index >= 15 is 0 Å². The molecule has 3 heterocycles. The van der Waals surface area contributed by atoms with Crippen LogP contribution in [0.15, 0.2) is 144 Å². The van der Waals surface area contributed by atoms with Gasteiger partial charge in [0, 0.05) is 56.9 Å². The van der Waals surface area contributed by atoms with Crippen LogP contribution in [0.1, 0.15) is 33.1 Å². The Morgan fingerprint density at radius 3 is 2.02 bits per heavy atom. The lowest BCUT2D eigenvalue weighted by atomic mass is 9.84. The van der Waals surface area contributed by atoms with Gasteiger partial charge in [-0.25, -0.2) is 4.68 Å². The zero-order valence-electron chi connectivity index (χ0n) is 25.7. The number of furan rings is 1. The fourth-order valence-electron chi connectivity index (χ4n) is 6.35. The summed E-state index contributed by atoms with van der Waals surface area (Å²) < 4.78 is 7.39. The molecule has 1 N–H and O–H groups in total. The van der Waals surface area contributed by atoms with E-state index in [1.54, 1.807) is 17.0 Å². The third kappa shape index (κ3) is 6.36. The minimum Gasteiger partial charge on any atom is -0.463 e. The Balaban J connectivity index is 0.994. The topological polar surface area (TPSA) is 66.5 Å². The van der Waals surface area contributed by atoms with Crippen molar-refractivity contribution in [3.8, 4) is 17.1 Å². The van der Waals surface area contributed by atoms with Crippen molar-refractivity contribution >= 4 is 11.6 Å². The molecule has 1 amide bonds. The van der Waals surface area contributed by atoms with Gasteiger partial charge in [0.05, 0.1) is 12.0 Å². The number of carbonyl (C=O) groups is 1. The van der Waals surface area contributed by atoms with Crippen molar-refractivity contribution < 1.29 is 9.21 Å². The zero-order valence-corrected chi connectivity index (χ0v) is 25.7. The number of rotatable bonds is 10. The van der Waals surface area contributed by atoms with E-state index in [1.807, 2.05) is 42.5 Å². The second-order valence-corrected chi connectivity index (χ2v) is 11.5. The van der Waals surface area contributed by atoms with Gasteiger partial charge in [0.1, 0.15) is 5.69 Å². The molecular weight excluding hydrogens is 570 g/mol. The smallest absolute Gasteiger partial charge is 0.271 e. The molecule has 4 aromatic carbocycles. The van der Waals surface area contributed by atoms with E-state index in [9.17, 15) is 4.79 Å². The number of para-hydroxylation sites is 2. The Hall–Kier alpha value is -5.40. The van der Waals surface area contributed by atoms with Crippen LogP contribution in [0.2, 0.25) is 0 Å². The SMILES string of the molecule is O=C(NCCN1CCN(c2ccccc2C(c2ccccc2)c2ccccc2)CC1)c1cc(-c2ccco2)n(-c2ccccc2)n1. The molecule has 0 saturated carbocycles. The molecule has 7 heteroatoms. The van der Waals surface area contributed by atoms with Crippen LogP contribution in [-0.2, 0) is 0 Å². The van der Waals surface area contributed by atoms with E-state index in [-0.39, 0.29) is 11.8 Å². The number of anilines is 1. The van der Waals surface area contributed by atoms with Crippen molar-refractivity contribution in [1.82, 2.24) is 20.0 Å². The van der Waals surface area contributed by atoms with Crippen LogP contribution in [0, 0.1) is 0 Å². The first-order chi connectivity index (χ1) is 22.7. The molecule has 0 atom stereocenters. The van der Waals surface area contributed by atoms with Crippen LogP contribution in [0.5, 0.6) is 0 Å². The van der Waals surface area contributed by atoms with Crippen LogP contribution in [0.4, 0.5) is 5.69 Å². The molecule has 46 heavy (non-hydrogen) atoms. The minimum absolute atomic E-state index is 0.158. The summed E-state index contributed by atoms with van der Waals surface area (Å²) in [5, 5.41) is 7.72. The second kappa shape index (κ2) is 13.7. The molecule has 7 nitrogen and oxygen atoms in total. The van der Waals surface area contributed by atoms with E-state index in [4.69, 9.17) is 4.42 Å². The Morgan fingerprint density at radius 1 is 0.739 bits per heavy atom.